The Morgan fingerprint density at radius 1 is 1.25 bits per heavy atom. The van der Waals surface area contributed by atoms with Gasteiger partial charge in [0.15, 0.2) is 0 Å². The van der Waals surface area contributed by atoms with E-state index in [9.17, 15) is 0 Å². The van der Waals surface area contributed by atoms with E-state index in [-0.39, 0.29) is 0 Å². The summed E-state index contributed by atoms with van der Waals surface area (Å²) in [6.07, 6.45) is 0.292. The summed E-state index contributed by atoms with van der Waals surface area (Å²) in [5.74, 6) is 0.900. The number of rotatable bonds is 9. The summed E-state index contributed by atoms with van der Waals surface area (Å²) in [5, 5.41) is 3.45. The Balaban J connectivity index is 2.51. The molecular weight excluding hydrogens is 252 g/mol. The minimum Gasteiger partial charge on any atom is -0.497 e. The maximum atomic E-state index is 5.53. The van der Waals surface area contributed by atoms with Gasteiger partial charge in [-0.15, -0.1) is 0 Å². The van der Waals surface area contributed by atoms with Crippen molar-refractivity contribution >= 4 is 0 Å². The molecule has 0 spiro atoms. The van der Waals surface area contributed by atoms with Gasteiger partial charge in [0.1, 0.15) is 5.75 Å². The van der Waals surface area contributed by atoms with Crippen molar-refractivity contribution in [3.05, 3.63) is 29.8 Å². The van der Waals surface area contributed by atoms with Gasteiger partial charge in [0.25, 0.3) is 0 Å². The molecule has 0 radical (unpaired) electrons. The van der Waals surface area contributed by atoms with Gasteiger partial charge in [-0.2, -0.15) is 0 Å². The highest BCUT2D eigenvalue weighted by Crippen LogP contribution is 2.21. The van der Waals surface area contributed by atoms with Crippen molar-refractivity contribution in [2.24, 2.45) is 0 Å². The number of hydrogen-bond donors (Lipinski definition) is 1. The van der Waals surface area contributed by atoms with Crippen LogP contribution >= 0.6 is 0 Å². The maximum Gasteiger partial charge on any atom is 0.119 e. The molecule has 0 aliphatic carbocycles. The fraction of sp³-hybridized carbons (Fsp3) is 0.625. The van der Waals surface area contributed by atoms with Gasteiger partial charge < -0.3 is 19.7 Å². The number of benzene rings is 1. The van der Waals surface area contributed by atoms with Crippen LogP contribution in [0.3, 0.4) is 0 Å². The van der Waals surface area contributed by atoms with Crippen LogP contribution in [0.5, 0.6) is 5.75 Å². The third-order valence-electron chi connectivity index (χ3n) is 3.17. The number of hydrogen-bond acceptors (Lipinski definition) is 4. The van der Waals surface area contributed by atoms with Gasteiger partial charge in [-0.1, -0.05) is 12.1 Å². The molecule has 0 bridgehead atoms. The van der Waals surface area contributed by atoms with Crippen LogP contribution in [0.25, 0.3) is 0 Å². The molecule has 0 aliphatic heterocycles. The molecule has 0 saturated carbocycles. The third-order valence-corrected chi connectivity index (χ3v) is 3.17. The molecule has 20 heavy (non-hydrogen) atoms. The summed E-state index contributed by atoms with van der Waals surface area (Å²) in [6.45, 7) is 6.61. The molecule has 114 valence electrons. The number of ether oxygens (including phenoxy) is 2. The van der Waals surface area contributed by atoms with Gasteiger partial charge in [0.05, 0.1) is 19.8 Å². The smallest absolute Gasteiger partial charge is 0.119 e. The van der Waals surface area contributed by atoms with E-state index in [0.29, 0.717) is 12.1 Å². The van der Waals surface area contributed by atoms with Crippen molar-refractivity contribution in [3.63, 3.8) is 0 Å². The van der Waals surface area contributed by atoms with Gasteiger partial charge in [-0.05, 0) is 45.6 Å². The fourth-order valence-corrected chi connectivity index (χ4v) is 2.05. The fourth-order valence-electron chi connectivity index (χ4n) is 2.05. The Morgan fingerprint density at radius 3 is 2.60 bits per heavy atom. The van der Waals surface area contributed by atoms with Crippen LogP contribution in [-0.2, 0) is 4.74 Å². The summed E-state index contributed by atoms with van der Waals surface area (Å²) < 4.78 is 10.8. The molecule has 0 saturated heterocycles. The summed E-state index contributed by atoms with van der Waals surface area (Å²) in [6, 6.07) is 8.56. The standard InChI is InChI=1S/C16H28N2O2/c1-13(2)20-10-9-17-12-16(18(3)4)14-7-6-8-15(11-14)19-5/h6-8,11,13,16-17H,9-10,12H2,1-5H3. The first-order valence-corrected chi connectivity index (χ1v) is 7.17. The lowest BCUT2D eigenvalue weighted by Crippen LogP contribution is -2.33. The van der Waals surface area contributed by atoms with Gasteiger partial charge in [-0.25, -0.2) is 0 Å². The molecule has 0 fully saturated rings. The van der Waals surface area contributed by atoms with Crippen LogP contribution in [-0.4, -0.2) is 51.9 Å². The maximum absolute atomic E-state index is 5.53. The predicted molar refractivity (Wildman–Crippen MR) is 83.4 cm³/mol. The van der Waals surface area contributed by atoms with Gasteiger partial charge in [-0.3, -0.25) is 0 Å². The lowest BCUT2D eigenvalue weighted by atomic mass is 10.1. The molecule has 4 heteroatoms. The van der Waals surface area contributed by atoms with E-state index in [1.165, 1.54) is 5.56 Å². The SMILES string of the molecule is COc1cccc(C(CNCCOC(C)C)N(C)C)c1. The zero-order chi connectivity index (χ0) is 15.0. The van der Waals surface area contributed by atoms with Gasteiger partial charge >= 0.3 is 0 Å². The zero-order valence-electron chi connectivity index (χ0n) is 13.3. The molecule has 0 heterocycles. The van der Waals surface area contributed by atoms with Crippen molar-refractivity contribution < 1.29 is 9.47 Å². The highest BCUT2D eigenvalue weighted by atomic mass is 16.5. The van der Waals surface area contributed by atoms with E-state index in [2.05, 4.69) is 50.3 Å². The normalized spacial score (nSPS) is 12.9. The van der Waals surface area contributed by atoms with E-state index < -0.39 is 0 Å². The molecule has 1 unspecified atom stereocenters. The summed E-state index contributed by atoms with van der Waals surface area (Å²) in [7, 11) is 5.89. The minimum atomic E-state index is 0.292. The average molecular weight is 280 g/mol. The van der Waals surface area contributed by atoms with Crippen molar-refractivity contribution in [2.75, 3.05) is 40.9 Å². The zero-order valence-corrected chi connectivity index (χ0v) is 13.3. The first-order valence-electron chi connectivity index (χ1n) is 7.17. The number of nitrogens with zero attached hydrogens (tertiary/aromatic N) is 1. The highest BCUT2D eigenvalue weighted by molar-refractivity contribution is 5.30. The van der Waals surface area contributed by atoms with Crippen LogP contribution in [0.15, 0.2) is 24.3 Å². The van der Waals surface area contributed by atoms with Gasteiger partial charge in [0, 0.05) is 19.1 Å². The van der Waals surface area contributed by atoms with E-state index in [1.807, 2.05) is 12.1 Å². The van der Waals surface area contributed by atoms with Crippen LogP contribution in [0, 0.1) is 0 Å². The lowest BCUT2D eigenvalue weighted by molar-refractivity contribution is 0.0799. The van der Waals surface area contributed by atoms with Crippen molar-refractivity contribution in [2.45, 2.75) is 26.0 Å². The monoisotopic (exact) mass is 280 g/mol. The second-order valence-corrected chi connectivity index (χ2v) is 5.38. The molecule has 1 aromatic carbocycles. The Bertz CT molecular complexity index is 380. The number of likely N-dealkylation sites (N-methyl/N-ethyl adjacent to an activating group) is 1. The molecule has 0 aliphatic rings. The topological polar surface area (TPSA) is 33.7 Å². The highest BCUT2D eigenvalue weighted by Gasteiger charge is 2.14. The summed E-state index contributed by atoms with van der Waals surface area (Å²) in [5.41, 5.74) is 1.26. The van der Waals surface area contributed by atoms with Crippen molar-refractivity contribution in [1.82, 2.24) is 10.2 Å². The predicted octanol–water partition coefficient (Wildman–Crippen LogP) is 2.31. The molecular formula is C16H28N2O2. The number of nitrogens with one attached hydrogen (secondary N) is 1. The van der Waals surface area contributed by atoms with Crippen molar-refractivity contribution in [1.29, 1.82) is 0 Å². The quantitative estimate of drug-likeness (QED) is 0.704. The van der Waals surface area contributed by atoms with Crippen LogP contribution in [0.1, 0.15) is 25.5 Å². The van der Waals surface area contributed by atoms with E-state index in [4.69, 9.17) is 9.47 Å². The number of methoxy groups -OCH3 is 1. The summed E-state index contributed by atoms with van der Waals surface area (Å²) in [4.78, 5) is 2.21. The van der Waals surface area contributed by atoms with Crippen LogP contribution in [0.2, 0.25) is 0 Å². The van der Waals surface area contributed by atoms with Crippen LogP contribution in [0.4, 0.5) is 0 Å². The Kier molecular flexibility index (Phi) is 7.59. The van der Waals surface area contributed by atoms with E-state index in [0.717, 1.165) is 25.4 Å². The van der Waals surface area contributed by atoms with Crippen molar-refractivity contribution in [3.8, 4) is 5.75 Å². The molecule has 4 nitrogen and oxygen atoms in total. The second-order valence-electron chi connectivity index (χ2n) is 5.38. The Hall–Kier alpha value is -1.10. The van der Waals surface area contributed by atoms with E-state index >= 15 is 0 Å². The average Bonchev–Trinajstić information content (AvgIpc) is 2.42. The molecule has 1 aromatic rings. The molecule has 0 amide bonds. The molecule has 1 rings (SSSR count). The first-order chi connectivity index (χ1) is 9.54. The molecule has 0 aromatic heterocycles. The third kappa shape index (κ3) is 5.90. The first kappa shape index (κ1) is 17.0. The van der Waals surface area contributed by atoms with Crippen LogP contribution < -0.4 is 10.1 Å². The molecule has 1 atom stereocenters. The van der Waals surface area contributed by atoms with Gasteiger partial charge in [0.2, 0.25) is 0 Å². The Labute approximate surface area is 123 Å². The second kappa shape index (κ2) is 8.95. The lowest BCUT2D eigenvalue weighted by Gasteiger charge is -2.25. The summed E-state index contributed by atoms with van der Waals surface area (Å²) >= 11 is 0. The minimum absolute atomic E-state index is 0.292. The largest absolute Gasteiger partial charge is 0.497 e. The Morgan fingerprint density at radius 2 is 2.00 bits per heavy atom. The molecule has 1 N–H and O–H groups in total. The van der Waals surface area contributed by atoms with E-state index in [1.54, 1.807) is 7.11 Å².